The number of nitrogens with zero attached hydrogens (tertiary/aromatic N) is 3. The van der Waals surface area contributed by atoms with Crippen molar-refractivity contribution in [2.24, 2.45) is 7.05 Å². The van der Waals surface area contributed by atoms with E-state index in [0.29, 0.717) is 18.2 Å². The van der Waals surface area contributed by atoms with E-state index in [4.69, 9.17) is 13.9 Å². The zero-order valence-electron chi connectivity index (χ0n) is 15.1. The summed E-state index contributed by atoms with van der Waals surface area (Å²) in [7, 11) is 3.57. The Morgan fingerprint density at radius 1 is 1.04 bits per heavy atom. The van der Waals surface area contributed by atoms with Gasteiger partial charge in [0.1, 0.15) is 5.58 Å². The summed E-state index contributed by atoms with van der Waals surface area (Å²) >= 11 is 1.58. The molecule has 0 N–H and O–H groups in total. The highest BCUT2D eigenvalue weighted by molar-refractivity contribution is 7.99. The number of methoxy groups -OCH3 is 1. The molecule has 0 radical (unpaired) electrons. The molecule has 0 aliphatic rings. The fourth-order valence-corrected chi connectivity index (χ4v) is 3.50. The summed E-state index contributed by atoms with van der Waals surface area (Å²) < 4.78 is 18.9. The highest BCUT2D eigenvalue weighted by Gasteiger charge is 2.15. The number of ether oxygens (including phenoxy) is 2. The molecule has 0 saturated heterocycles. The number of para-hydroxylation sites is 3. The van der Waals surface area contributed by atoms with Gasteiger partial charge in [0, 0.05) is 18.2 Å². The molecule has 27 heavy (non-hydrogen) atoms. The van der Waals surface area contributed by atoms with Gasteiger partial charge in [0.25, 0.3) is 0 Å². The third kappa shape index (κ3) is 3.64. The van der Waals surface area contributed by atoms with Gasteiger partial charge in [0.05, 0.1) is 13.7 Å². The predicted octanol–water partition coefficient (Wildman–Crippen LogP) is 4.41. The lowest BCUT2D eigenvalue weighted by atomic mass is 10.2. The second-order valence-electron chi connectivity index (χ2n) is 5.86. The van der Waals surface area contributed by atoms with E-state index in [1.165, 1.54) is 0 Å². The van der Waals surface area contributed by atoms with Crippen LogP contribution in [0.1, 0.15) is 0 Å². The van der Waals surface area contributed by atoms with E-state index in [9.17, 15) is 0 Å². The fourth-order valence-electron chi connectivity index (χ4n) is 2.77. The minimum atomic E-state index is 0.540. The van der Waals surface area contributed by atoms with Crippen LogP contribution in [0.25, 0.3) is 22.6 Å². The molecule has 0 fully saturated rings. The second-order valence-corrected chi connectivity index (χ2v) is 6.92. The van der Waals surface area contributed by atoms with Gasteiger partial charge in [-0.3, -0.25) is 0 Å². The molecule has 6 nitrogen and oxygen atoms in total. The molecule has 2 aromatic heterocycles. The Hall–Kier alpha value is -2.93. The first-order valence-corrected chi connectivity index (χ1v) is 9.52. The molecule has 0 unspecified atom stereocenters. The van der Waals surface area contributed by atoms with E-state index in [-0.39, 0.29) is 0 Å². The minimum absolute atomic E-state index is 0.540. The molecule has 0 bridgehead atoms. The van der Waals surface area contributed by atoms with Crippen molar-refractivity contribution in [1.82, 2.24) is 14.8 Å². The van der Waals surface area contributed by atoms with Crippen LogP contribution < -0.4 is 9.47 Å². The van der Waals surface area contributed by atoms with E-state index in [2.05, 4.69) is 10.2 Å². The Labute approximate surface area is 161 Å². The molecule has 2 aromatic carbocycles. The van der Waals surface area contributed by atoms with Crippen LogP contribution in [0.15, 0.2) is 64.2 Å². The van der Waals surface area contributed by atoms with Gasteiger partial charge in [-0.1, -0.05) is 42.1 Å². The van der Waals surface area contributed by atoms with E-state index >= 15 is 0 Å². The van der Waals surface area contributed by atoms with Gasteiger partial charge in [0.15, 0.2) is 28.2 Å². The molecule has 0 aliphatic heterocycles. The fraction of sp³-hybridized carbons (Fsp3) is 0.200. The normalized spacial score (nSPS) is 11.0. The number of fused-ring (bicyclic) bond motifs is 1. The molecule has 0 amide bonds. The first-order valence-electron chi connectivity index (χ1n) is 8.53. The summed E-state index contributed by atoms with van der Waals surface area (Å²) in [6, 6.07) is 17.5. The third-order valence-corrected chi connectivity index (χ3v) is 5.11. The first kappa shape index (κ1) is 17.5. The maximum atomic E-state index is 5.89. The quantitative estimate of drug-likeness (QED) is 0.349. The van der Waals surface area contributed by atoms with Crippen LogP contribution in [0, 0.1) is 0 Å². The smallest absolute Gasteiger partial charge is 0.200 e. The molecule has 4 aromatic rings. The Kier molecular flexibility index (Phi) is 5.02. The predicted molar refractivity (Wildman–Crippen MR) is 105 cm³/mol. The largest absolute Gasteiger partial charge is 0.493 e. The molecule has 0 spiro atoms. The average molecular weight is 381 g/mol. The number of rotatable bonds is 7. The number of hydrogen-bond acceptors (Lipinski definition) is 6. The van der Waals surface area contributed by atoms with Crippen molar-refractivity contribution in [2.45, 2.75) is 5.16 Å². The van der Waals surface area contributed by atoms with Gasteiger partial charge < -0.3 is 18.5 Å². The van der Waals surface area contributed by atoms with Crippen LogP contribution in [-0.4, -0.2) is 34.2 Å². The Balaban J connectivity index is 1.40. The summed E-state index contributed by atoms with van der Waals surface area (Å²) in [6.07, 6.45) is 0. The van der Waals surface area contributed by atoms with Crippen molar-refractivity contribution in [3.63, 3.8) is 0 Å². The monoisotopic (exact) mass is 381 g/mol. The molecule has 4 rings (SSSR count). The first-order chi connectivity index (χ1) is 13.3. The Morgan fingerprint density at radius 2 is 1.81 bits per heavy atom. The minimum Gasteiger partial charge on any atom is -0.493 e. The van der Waals surface area contributed by atoms with Gasteiger partial charge in [-0.15, -0.1) is 10.2 Å². The van der Waals surface area contributed by atoms with Crippen molar-refractivity contribution >= 4 is 22.7 Å². The van der Waals surface area contributed by atoms with Crippen molar-refractivity contribution in [3.05, 3.63) is 54.6 Å². The van der Waals surface area contributed by atoms with Gasteiger partial charge in [-0.25, -0.2) is 0 Å². The molecular weight excluding hydrogens is 362 g/mol. The third-order valence-electron chi connectivity index (χ3n) is 4.12. The van der Waals surface area contributed by atoms with Crippen molar-refractivity contribution in [1.29, 1.82) is 0 Å². The van der Waals surface area contributed by atoms with Crippen LogP contribution in [-0.2, 0) is 7.05 Å². The van der Waals surface area contributed by atoms with Crippen LogP contribution in [0.5, 0.6) is 11.5 Å². The van der Waals surface area contributed by atoms with E-state index in [0.717, 1.165) is 33.4 Å². The number of benzene rings is 2. The second kappa shape index (κ2) is 7.75. The summed E-state index contributed by atoms with van der Waals surface area (Å²) in [6.45, 7) is 0.540. The van der Waals surface area contributed by atoms with Gasteiger partial charge in [-0.2, -0.15) is 0 Å². The zero-order valence-corrected chi connectivity index (χ0v) is 15.9. The topological polar surface area (TPSA) is 62.3 Å². The number of thioether (sulfide) groups is 1. The van der Waals surface area contributed by atoms with Crippen LogP contribution >= 0.6 is 11.8 Å². The lowest BCUT2D eigenvalue weighted by molar-refractivity contribution is 0.313. The van der Waals surface area contributed by atoms with E-state index in [1.807, 2.05) is 66.2 Å². The average Bonchev–Trinajstić information content (AvgIpc) is 3.28. The molecule has 0 saturated carbocycles. The van der Waals surface area contributed by atoms with Gasteiger partial charge in [-0.05, 0) is 24.3 Å². The lowest BCUT2D eigenvalue weighted by Gasteiger charge is -2.09. The molecule has 2 heterocycles. The maximum Gasteiger partial charge on any atom is 0.200 e. The van der Waals surface area contributed by atoms with Crippen LogP contribution in [0.3, 0.4) is 0 Å². The standard InChI is InChI=1S/C20H19N3O3S/c1-23-19(18-13-14-7-3-4-8-15(14)26-18)21-22-20(23)27-12-11-25-17-10-6-5-9-16(17)24-2/h3-10,13H,11-12H2,1-2H3. The molecule has 0 aliphatic carbocycles. The van der Waals surface area contributed by atoms with Crippen molar-refractivity contribution in [3.8, 4) is 23.1 Å². The Bertz CT molecular complexity index is 1020. The van der Waals surface area contributed by atoms with Crippen molar-refractivity contribution < 1.29 is 13.9 Å². The van der Waals surface area contributed by atoms with E-state index < -0.39 is 0 Å². The number of furan rings is 1. The molecule has 7 heteroatoms. The zero-order chi connectivity index (χ0) is 18.6. The summed E-state index contributed by atoms with van der Waals surface area (Å²) in [5.74, 6) is 3.63. The number of aromatic nitrogens is 3. The highest BCUT2D eigenvalue weighted by atomic mass is 32.2. The van der Waals surface area contributed by atoms with Gasteiger partial charge in [0.2, 0.25) is 0 Å². The molecule has 0 atom stereocenters. The van der Waals surface area contributed by atoms with Crippen LogP contribution in [0.2, 0.25) is 0 Å². The summed E-state index contributed by atoms with van der Waals surface area (Å²) in [5.41, 5.74) is 0.843. The van der Waals surface area contributed by atoms with Gasteiger partial charge >= 0.3 is 0 Å². The summed E-state index contributed by atoms with van der Waals surface area (Å²) in [4.78, 5) is 0. The summed E-state index contributed by atoms with van der Waals surface area (Å²) in [5, 5.41) is 10.4. The highest BCUT2D eigenvalue weighted by Crippen LogP contribution is 2.29. The number of hydrogen-bond donors (Lipinski definition) is 0. The van der Waals surface area contributed by atoms with Crippen LogP contribution in [0.4, 0.5) is 0 Å². The van der Waals surface area contributed by atoms with E-state index in [1.54, 1.807) is 18.9 Å². The van der Waals surface area contributed by atoms with Crippen molar-refractivity contribution in [2.75, 3.05) is 19.5 Å². The SMILES string of the molecule is COc1ccccc1OCCSc1nnc(-c2cc3ccccc3o2)n1C. The lowest BCUT2D eigenvalue weighted by Crippen LogP contribution is -2.03. The molecular formula is C20H19N3O3S. The molecule has 138 valence electrons. The maximum absolute atomic E-state index is 5.89. The Morgan fingerprint density at radius 3 is 2.63 bits per heavy atom.